The van der Waals surface area contributed by atoms with Gasteiger partial charge in [-0.2, -0.15) is 0 Å². The molecular formula is C32H40N4O6S. The van der Waals surface area contributed by atoms with E-state index in [-0.39, 0.29) is 41.9 Å². The number of nitrogens with zero attached hydrogens (tertiary/aromatic N) is 2. The Morgan fingerprint density at radius 2 is 1.67 bits per heavy atom. The zero-order valence-corrected chi connectivity index (χ0v) is 25.7. The molecule has 2 saturated heterocycles. The minimum atomic E-state index is -0.886. The van der Waals surface area contributed by atoms with Crippen LogP contribution in [-0.4, -0.2) is 76.7 Å². The van der Waals surface area contributed by atoms with Crippen molar-refractivity contribution in [1.29, 1.82) is 0 Å². The van der Waals surface area contributed by atoms with Crippen molar-refractivity contribution in [2.75, 3.05) is 13.1 Å². The van der Waals surface area contributed by atoms with E-state index in [1.807, 2.05) is 50.2 Å². The number of nitrogens with one attached hydrogen (secondary N) is 2. The quantitative estimate of drug-likeness (QED) is 0.444. The fraction of sp³-hybridized carbons (Fsp3) is 0.531. The maximum absolute atomic E-state index is 13.9. The fourth-order valence-electron chi connectivity index (χ4n) is 6.72. The summed E-state index contributed by atoms with van der Waals surface area (Å²) in [4.78, 5) is 69.8. The van der Waals surface area contributed by atoms with E-state index in [0.29, 0.717) is 24.4 Å². The third kappa shape index (κ3) is 6.92. The molecule has 4 atom stereocenters. The molecule has 2 N–H and O–H groups in total. The van der Waals surface area contributed by atoms with E-state index in [1.165, 1.54) is 23.2 Å². The van der Waals surface area contributed by atoms with Crippen molar-refractivity contribution in [3.8, 4) is 15.5 Å². The largest absolute Gasteiger partial charge is 0.414 e. The number of rotatable bonds is 9. The van der Waals surface area contributed by atoms with E-state index in [2.05, 4.69) is 10.6 Å². The summed E-state index contributed by atoms with van der Waals surface area (Å²) in [5.41, 5.74) is 1.01. The molecule has 4 amide bonds. The lowest BCUT2D eigenvalue weighted by molar-refractivity contribution is -0.139. The van der Waals surface area contributed by atoms with Gasteiger partial charge in [-0.3, -0.25) is 19.2 Å². The van der Waals surface area contributed by atoms with Crippen LogP contribution in [0.5, 0.6) is 5.06 Å². The third-order valence-electron chi connectivity index (χ3n) is 8.61. The number of benzene rings is 1. The number of carbonyl (C=O) groups excluding carboxylic acids is 5. The number of fused-ring (bicyclic) bond motifs is 1. The summed E-state index contributed by atoms with van der Waals surface area (Å²) in [7, 11) is 0. The molecule has 10 nitrogen and oxygen atoms in total. The van der Waals surface area contributed by atoms with Crippen LogP contribution in [0.3, 0.4) is 0 Å². The first kappa shape index (κ1) is 30.7. The van der Waals surface area contributed by atoms with Gasteiger partial charge in [0.2, 0.25) is 17.7 Å². The fourth-order valence-corrected chi connectivity index (χ4v) is 7.58. The third-order valence-corrected chi connectivity index (χ3v) is 9.63. The van der Waals surface area contributed by atoms with E-state index < -0.39 is 30.3 Å². The number of ether oxygens (including phenoxy) is 1. The summed E-state index contributed by atoms with van der Waals surface area (Å²) in [6.07, 6.45) is 3.82. The van der Waals surface area contributed by atoms with Gasteiger partial charge in [-0.25, -0.2) is 4.79 Å². The maximum Gasteiger partial charge on any atom is 0.414 e. The van der Waals surface area contributed by atoms with Crippen molar-refractivity contribution < 1.29 is 28.7 Å². The molecule has 2 aromatic rings. The van der Waals surface area contributed by atoms with E-state index in [1.54, 1.807) is 11.0 Å². The Morgan fingerprint density at radius 1 is 0.953 bits per heavy atom. The van der Waals surface area contributed by atoms with Crippen molar-refractivity contribution in [2.45, 2.75) is 83.5 Å². The molecule has 3 heterocycles. The Hall–Kier alpha value is -3.73. The lowest BCUT2D eigenvalue weighted by Crippen LogP contribution is -2.54. The second-order valence-corrected chi connectivity index (χ2v) is 13.2. The Balaban J connectivity index is 1.26. The molecule has 1 aliphatic carbocycles. The van der Waals surface area contributed by atoms with E-state index in [9.17, 15) is 24.0 Å². The molecule has 11 heteroatoms. The zero-order chi connectivity index (χ0) is 30.7. The van der Waals surface area contributed by atoms with Gasteiger partial charge in [-0.15, -0.1) is 0 Å². The second-order valence-electron chi connectivity index (χ2n) is 12.2. The zero-order valence-electron chi connectivity index (χ0n) is 24.9. The highest BCUT2D eigenvalue weighted by Gasteiger charge is 2.53. The number of hydrogen-bond donors (Lipinski definition) is 2. The van der Waals surface area contributed by atoms with Crippen molar-refractivity contribution in [2.24, 2.45) is 11.8 Å². The molecule has 4 unspecified atom stereocenters. The van der Waals surface area contributed by atoms with Gasteiger partial charge >= 0.3 is 6.09 Å². The maximum atomic E-state index is 13.9. The average molecular weight is 609 g/mol. The molecule has 3 aliphatic rings. The molecule has 2 aliphatic heterocycles. The van der Waals surface area contributed by atoms with Crippen molar-refractivity contribution in [3.05, 3.63) is 42.5 Å². The molecule has 0 spiro atoms. The first-order chi connectivity index (χ1) is 20.6. The molecule has 1 aromatic carbocycles. The number of likely N-dealkylation sites (tertiary alicyclic amines) is 2. The van der Waals surface area contributed by atoms with Crippen LogP contribution in [0.4, 0.5) is 4.79 Å². The summed E-state index contributed by atoms with van der Waals surface area (Å²) < 4.78 is 5.55. The summed E-state index contributed by atoms with van der Waals surface area (Å²) in [5, 5.41) is 5.99. The summed E-state index contributed by atoms with van der Waals surface area (Å²) in [6.45, 7) is 5.52. The molecule has 0 bridgehead atoms. The highest BCUT2D eigenvalue weighted by molar-refractivity contribution is 7.17. The molecule has 0 radical (unpaired) electrons. The van der Waals surface area contributed by atoms with Crippen LogP contribution in [0, 0.1) is 11.8 Å². The SMILES string of the molecule is CC(=O)NC(C(=O)N1CC(=O)C2C1CCN2C(=O)C(CC(C)C)NC(=O)Oc1ccc(-c2ccccc2)s1)C1CCCC1. The first-order valence-corrected chi connectivity index (χ1v) is 16.0. The molecule has 1 saturated carbocycles. The van der Waals surface area contributed by atoms with Crippen LogP contribution in [-0.2, 0) is 19.2 Å². The Kier molecular flexibility index (Phi) is 9.49. The first-order valence-electron chi connectivity index (χ1n) is 15.2. The number of thiophene rings is 1. The molecule has 3 fully saturated rings. The lowest BCUT2D eigenvalue weighted by Gasteiger charge is -2.31. The van der Waals surface area contributed by atoms with Crippen LogP contribution in [0.25, 0.3) is 10.4 Å². The van der Waals surface area contributed by atoms with Crippen LogP contribution < -0.4 is 15.4 Å². The van der Waals surface area contributed by atoms with Gasteiger partial charge in [0, 0.05) is 18.3 Å². The topological polar surface area (TPSA) is 125 Å². The molecule has 43 heavy (non-hydrogen) atoms. The number of ketones is 1. The van der Waals surface area contributed by atoms with Gasteiger partial charge in [-0.1, -0.05) is 68.4 Å². The van der Waals surface area contributed by atoms with E-state index in [0.717, 1.165) is 36.1 Å². The highest BCUT2D eigenvalue weighted by atomic mass is 32.1. The van der Waals surface area contributed by atoms with Gasteiger partial charge in [-0.05, 0) is 55.2 Å². The van der Waals surface area contributed by atoms with Crippen LogP contribution in [0.2, 0.25) is 0 Å². The minimum Gasteiger partial charge on any atom is -0.399 e. The van der Waals surface area contributed by atoms with Gasteiger partial charge in [0.15, 0.2) is 10.8 Å². The monoisotopic (exact) mass is 608 g/mol. The predicted molar refractivity (Wildman–Crippen MR) is 162 cm³/mol. The summed E-state index contributed by atoms with van der Waals surface area (Å²) in [6, 6.07) is 10.6. The van der Waals surface area contributed by atoms with Crippen LogP contribution in [0.15, 0.2) is 42.5 Å². The lowest BCUT2D eigenvalue weighted by atomic mass is 9.96. The average Bonchev–Trinajstić information content (AvgIpc) is 3.77. The standard InChI is InChI=1S/C32H40N4O6S/c1-19(2)17-23(34-32(41)42-27-14-13-26(43-27)21-9-5-4-6-10-21)30(39)35-16-15-24-29(35)25(38)18-36(24)31(40)28(33-20(3)37)22-11-7-8-12-22/h4-6,9-10,13-14,19,22-24,28-29H,7-8,11-12,15-18H2,1-3H3,(H,33,37)(H,34,41). The van der Waals surface area contributed by atoms with Crippen molar-refractivity contribution in [1.82, 2.24) is 20.4 Å². The van der Waals surface area contributed by atoms with Gasteiger partial charge in [0.25, 0.3) is 0 Å². The minimum absolute atomic E-state index is 0.0439. The summed E-state index contributed by atoms with van der Waals surface area (Å²) in [5.74, 6) is -0.947. The smallest absolute Gasteiger partial charge is 0.399 e. The number of carbonyl (C=O) groups is 5. The predicted octanol–water partition coefficient (Wildman–Crippen LogP) is 3.99. The number of Topliss-reactive ketones (excluding diaryl/α,β-unsaturated/α-hetero) is 1. The highest BCUT2D eigenvalue weighted by Crippen LogP contribution is 2.35. The van der Waals surface area contributed by atoms with Crippen molar-refractivity contribution in [3.63, 3.8) is 0 Å². The Labute approximate surface area is 256 Å². The second kappa shape index (κ2) is 13.3. The van der Waals surface area contributed by atoms with Gasteiger partial charge < -0.3 is 25.2 Å². The van der Waals surface area contributed by atoms with Gasteiger partial charge in [0.1, 0.15) is 18.1 Å². The Bertz CT molecular complexity index is 1350. The van der Waals surface area contributed by atoms with Crippen LogP contribution >= 0.6 is 11.3 Å². The van der Waals surface area contributed by atoms with E-state index in [4.69, 9.17) is 4.74 Å². The van der Waals surface area contributed by atoms with Crippen molar-refractivity contribution >= 4 is 40.9 Å². The number of hydrogen-bond acceptors (Lipinski definition) is 7. The molecule has 5 rings (SSSR count). The summed E-state index contributed by atoms with van der Waals surface area (Å²) >= 11 is 1.33. The molecular weight excluding hydrogens is 568 g/mol. The number of amides is 4. The Morgan fingerprint density at radius 3 is 2.35 bits per heavy atom. The molecule has 230 valence electrons. The van der Waals surface area contributed by atoms with E-state index >= 15 is 0 Å². The normalized spacial score (nSPS) is 21.5. The van der Waals surface area contributed by atoms with Crippen LogP contribution in [0.1, 0.15) is 59.3 Å². The molecule has 1 aromatic heterocycles. The van der Waals surface area contributed by atoms with Gasteiger partial charge in [0.05, 0.1) is 12.6 Å².